The molecule has 13 heavy (non-hydrogen) atoms. The van der Waals surface area contributed by atoms with E-state index >= 15 is 0 Å². The highest BCUT2D eigenvalue weighted by molar-refractivity contribution is 5.35. The van der Waals surface area contributed by atoms with Crippen LogP contribution < -0.4 is 11.1 Å². The number of aromatic nitrogens is 2. The van der Waals surface area contributed by atoms with Crippen molar-refractivity contribution in [1.82, 2.24) is 9.97 Å². The summed E-state index contributed by atoms with van der Waals surface area (Å²) in [5.74, 6) is 1.13. The van der Waals surface area contributed by atoms with Crippen molar-refractivity contribution in [2.24, 2.45) is 0 Å². The van der Waals surface area contributed by atoms with Crippen LogP contribution in [0, 0.1) is 0 Å². The first-order chi connectivity index (χ1) is 6.22. The van der Waals surface area contributed by atoms with Crippen LogP contribution in [0.3, 0.4) is 0 Å². The number of rotatable bonds is 4. The lowest BCUT2D eigenvalue weighted by molar-refractivity contribution is 0.128. The predicted molar refractivity (Wildman–Crippen MR) is 51.4 cm³/mol. The van der Waals surface area contributed by atoms with Crippen LogP contribution in [-0.4, -0.2) is 29.7 Å². The topological polar surface area (TPSA) is 73.1 Å². The first kappa shape index (κ1) is 9.73. The number of nitrogens with zero attached hydrogens (tertiary/aromatic N) is 2. The van der Waals surface area contributed by atoms with Crippen LogP contribution in [0.2, 0.25) is 0 Å². The van der Waals surface area contributed by atoms with Gasteiger partial charge in [-0.25, -0.2) is 9.97 Å². The first-order valence-electron chi connectivity index (χ1n) is 4.06. The van der Waals surface area contributed by atoms with Crippen molar-refractivity contribution >= 4 is 11.6 Å². The standard InChI is InChI=1S/C8H14N4O/c1-6(13-2)3-11-8-5-10-7(9)4-12-8/h4-6H,3H2,1-2H3,(H2,9,10)(H,11,12). The fourth-order valence-electron chi connectivity index (χ4n) is 0.761. The van der Waals surface area contributed by atoms with Crippen LogP contribution in [0.4, 0.5) is 11.6 Å². The summed E-state index contributed by atoms with van der Waals surface area (Å²) >= 11 is 0. The van der Waals surface area contributed by atoms with Crippen molar-refractivity contribution in [3.63, 3.8) is 0 Å². The Morgan fingerprint density at radius 2 is 2.31 bits per heavy atom. The largest absolute Gasteiger partial charge is 0.382 e. The maximum absolute atomic E-state index is 5.38. The zero-order valence-electron chi connectivity index (χ0n) is 7.82. The Bertz CT molecular complexity index is 249. The Kier molecular flexibility index (Phi) is 3.45. The van der Waals surface area contributed by atoms with E-state index in [4.69, 9.17) is 10.5 Å². The molecule has 0 fully saturated rings. The predicted octanol–water partition coefficient (Wildman–Crippen LogP) is 0.506. The fourth-order valence-corrected chi connectivity index (χ4v) is 0.761. The molecule has 1 aromatic heterocycles. The average Bonchev–Trinajstić information content (AvgIpc) is 2.16. The average molecular weight is 182 g/mol. The SMILES string of the molecule is COC(C)CNc1cnc(N)cn1. The second-order valence-electron chi connectivity index (χ2n) is 2.75. The third kappa shape index (κ3) is 3.25. The lowest BCUT2D eigenvalue weighted by Crippen LogP contribution is -2.18. The molecule has 1 atom stereocenters. The van der Waals surface area contributed by atoms with E-state index in [1.54, 1.807) is 13.3 Å². The molecule has 1 unspecified atom stereocenters. The Labute approximate surface area is 77.3 Å². The maximum atomic E-state index is 5.38. The summed E-state index contributed by atoms with van der Waals surface area (Å²) in [6, 6.07) is 0. The zero-order chi connectivity index (χ0) is 9.68. The summed E-state index contributed by atoms with van der Waals surface area (Å²) in [5.41, 5.74) is 5.38. The van der Waals surface area contributed by atoms with Gasteiger partial charge in [0.1, 0.15) is 11.6 Å². The lowest BCUT2D eigenvalue weighted by Gasteiger charge is -2.10. The molecule has 3 N–H and O–H groups in total. The second-order valence-corrected chi connectivity index (χ2v) is 2.75. The molecule has 0 amide bonds. The number of ether oxygens (including phenoxy) is 1. The number of nitrogens with two attached hydrogens (primary N) is 1. The minimum absolute atomic E-state index is 0.152. The van der Waals surface area contributed by atoms with Gasteiger partial charge in [-0.3, -0.25) is 0 Å². The van der Waals surface area contributed by atoms with E-state index in [2.05, 4.69) is 15.3 Å². The summed E-state index contributed by atoms with van der Waals surface area (Å²) in [7, 11) is 1.67. The minimum atomic E-state index is 0.152. The number of methoxy groups -OCH3 is 1. The third-order valence-corrected chi connectivity index (χ3v) is 1.64. The maximum Gasteiger partial charge on any atom is 0.144 e. The van der Waals surface area contributed by atoms with Gasteiger partial charge in [-0.1, -0.05) is 0 Å². The fraction of sp³-hybridized carbons (Fsp3) is 0.500. The molecule has 0 bridgehead atoms. The molecule has 5 nitrogen and oxygen atoms in total. The molecule has 0 saturated carbocycles. The van der Waals surface area contributed by atoms with Crippen LogP contribution in [0.5, 0.6) is 0 Å². The van der Waals surface area contributed by atoms with Gasteiger partial charge in [0.15, 0.2) is 0 Å². The Morgan fingerprint density at radius 1 is 1.54 bits per heavy atom. The molecular formula is C8H14N4O. The molecule has 0 aromatic carbocycles. The molecule has 5 heteroatoms. The third-order valence-electron chi connectivity index (χ3n) is 1.64. The number of nitrogens with one attached hydrogen (secondary N) is 1. The van der Waals surface area contributed by atoms with Gasteiger partial charge >= 0.3 is 0 Å². The summed E-state index contributed by atoms with van der Waals surface area (Å²) in [4.78, 5) is 7.93. The number of hydrogen-bond donors (Lipinski definition) is 2. The van der Waals surface area contributed by atoms with Crippen molar-refractivity contribution < 1.29 is 4.74 Å². The van der Waals surface area contributed by atoms with Gasteiger partial charge in [-0.05, 0) is 6.92 Å². The van der Waals surface area contributed by atoms with Crippen molar-refractivity contribution in [1.29, 1.82) is 0 Å². The Hall–Kier alpha value is -1.36. The number of anilines is 2. The first-order valence-corrected chi connectivity index (χ1v) is 4.06. The van der Waals surface area contributed by atoms with Gasteiger partial charge in [0.2, 0.25) is 0 Å². The van der Waals surface area contributed by atoms with Crippen molar-refractivity contribution in [3.05, 3.63) is 12.4 Å². The quantitative estimate of drug-likeness (QED) is 0.709. The van der Waals surface area contributed by atoms with E-state index in [-0.39, 0.29) is 6.10 Å². The van der Waals surface area contributed by atoms with Crippen LogP contribution in [0.25, 0.3) is 0 Å². The van der Waals surface area contributed by atoms with Gasteiger partial charge in [0, 0.05) is 13.7 Å². The smallest absolute Gasteiger partial charge is 0.144 e. The molecule has 1 rings (SSSR count). The molecule has 0 saturated heterocycles. The zero-order valence-corrected chi connectivity index (χ0v) is 7.82. The van der Waals surface area contributed by atoms with Crippen molar-refractivity contribution in [3.8, 4) is 0 Å². The molecular weight excluding hydrogens is 168 g/mol. The summed E-state index contributed by atoms with van der Waals surface area (Å²) in [5, 5.41) is 3.07. The number of hydrogen-bond acceptors (Lipinski definition) is 5. The molecule has 0 spiro atoms. The van der Waals surface area contributed by atoms with E-state index < -0.39 is 0 Å². The van der Waals surface area contributed by atoms with E-state index in [1.807, 2.05) is 6.92 Å². The van der Waals surface area contributed by atoms with E-state index in [9.17, 15) is 0 Å². The van der Waals surface area contributed by atoms with Gasteiger partial charge in [-0.15, -0.1) is 0 Å². The van der Waals surface area contributed by atoms with Crippen LogP contribution in [-0.2, 0) is 4.74 Å². The highest BCUT2D eigenvalue weighted by Crippen LogP contribution is 2.01. The van der Waals surface area contributed by atoms with Crippen LogP contribution in [0.15, 0.2) is 12.4 Å². The highest BCUT2D eigenvalue weighted by Gasteiger charge is 1.99. The van der Waals surface area contributed by atoms with Crippen molar-refractivity contribution in [2.75, 3.05) is 24.7 Å². The van der Waals surface area contributed by atoms with E-state index in [0.29, 0.717) is 18.2 Å². The molecule has 0 aliphatic rings. The normalized spacial score (nSPS) is 12.5. The van der Waals surface area contributed by atoms with Gasteiger partial charge in [0.05, 0.1) is 18.5 Å². The van der Waals surface area contributed by atoms with E-state index in [0.717, 1.165) is 0 Å². The highest BCUT2D eigenvalue weighted by atomic mass is 16.5. The summed E-state index contributed by atoms with van der Waals surface area (Å²) in [6.45, 7) is 2.67. The molecule has 1 heterocycles. The second kappa shape index (κ2) is 4.61. The van der Waals surface area contributed by atoms with Crippen molar-refractivity contribution in [2.45, 2.75) is 13.0 Å². The van der Waals surface area contributed by atoms with Crippen LogP contribution >= 0.6 is 0 Å². The Morgan fingerprint density at radius 3 is 2.85 bits per heavy atom. The van der Waals surface area contributed by atoms with Gasteiger partial charge in [0.25, 0.3) is 0 Å². The van der Waals surface area contributed by atoms with Gasteiger partial charge in [-0.2, -0.15) is 0 Å². The summed E-state index contributed by atoms with van der Waals surface area (Å²) in [6.07, 6.45) is 3.26. The minimum Gasteiger partial charge on any atom is -0.382 e. The monoisotopic (exact) mass is 182 g/mol. The Balaban J connectivity index is 2.41. The van der Waals surface area contributed by atoms with Gasteiger partial charge < -0.3 is 15.8 Å². The van der Waals surface area contributed by atoms with E-state index in [1.165, 1.54) is 6.20 Å². The van der Waals surface area contributed by atoms with Crippen LogP contribution in [0.1, 0.15) is 6.92 Å². The molecule has 72 valence electrons. The number of nitrogen functional groups attached to an aromatic ring is 1. The molecule has 0 aliphatic carbocycles. The molecule has 1 aromatic rings. The lowest BCUT2D eigenvalue weighted by atomic mass is 10.4. The molecule has 0 radical (unpaired) electrons. The summed E-state index contributed by atoms with van der Waals surface area (Å²) < 4.78 is 5.06. The molecule has 0 aliphatic heterocycles.